The summed E-state index contributed by atoms with van der Waals surface area (Å²) in [5.74, 6) is 0.293. The molecule has 3 aromatic rings. The van der Waals surface area contributed by atoms with E-state index >= 15 is 0 Å². The van der Waals surface area contributed by atoms with E-state index in [-0.39, 0.29) is 5.91 Å². The van der Waals surface area contributed by atoms with Crippen LogP contribution in [0.25, 0.3) is 0 Å². The third-order valence-electron chi connectivity index (χ3n) is 4.46. The van der Waals surface area contributed by atoms with Gasteiger partial charge in [-0.05, 0) is 37.0 Å². The molecule has 0 aliphatic carbocycles. The van der Waals surface area contributed by atoms with E-state index in [0.717, 1.165) is 28.8 Å². The van der Waals surface area contributed by atoms with Crippen LogP contribution in [0.1, 0.15) is 39.5 Å². The van der Waals surface area contributed by atoms with Crippen LogP contribution in [-0.4, -0.2) is 15.9 Å². The lowest BCUT2D eigenvalue weighted by Gasteiger charge is -2.13. The van der Waals surface area contributed by atoms with Crippen molar-refractivity contribution in [1.29, 1.82) is 0 Å². The number of anilines is 2. The maximum absolute atomic E-state index is 12.5. The second-order valence-corrected chi connectivity index (χ2v) is 6.55. The number of hydrogen-bond acceptors (Lipinski definition) is 4. The Hall–Kier alpha value is -3.21. The minimum Gasteiger partial charge on any atom is -0.350 e. The molecule has 3 rings (SSSR count). The van der Waals surface area contributed by atoms with Crippen molar-refractivity contribution in [2.24, 2.45) is 0 Å². The van der Waals surface area contributed by atoms with E-state index in [0.29, 0.717) is 18.1 Å². The molecule has 0 fully saturated rings. The zero-order chi connectivity index (χ0) is 19.2. The van der Waals surface area contributed by atoms with Gasteiger partial charge in [0.05, 0.1) is 5.56 Å². The van der Waals surface area contributed by atoms with Crippen LogP contribution in [0.5, 0.6) is 0 Å². The van der Waals surface area contributed by atoms with E-state index in [1.54, 1.807) is 12.4 Å². The standard InChI is InChI=1S/C22H24N4O/c1-4-18-7-5-6-16(3)20(18)26-21(27)19-13-24-22(25-14-19)23-12-17-10-8-15(2)9-11-17/h5-11,13-14H,4,12H2,1-3H3,(H,26,27)(H,23,24,25). The van der Waals surface area contributed by atoms with Crippen molar-refractivity contribution < 1.29 is 4.79 Å². The Balaban J connectivity index is 1.64. The molecule has 0 saturated carbocycles. The molecule has 138 valence electrons. The van der Waals surface area contributed by atoms with Crippen molar-refractivity contribution in [3.8, 4) is 0 Å². The molecule has 0 aliphatic rings. The molecular weight excluding hydrogens is 336 g/mol. The fourth-order valence-corrected chi connectivity index (χ4v) is 2.81. The predicted molar refractivity (Wildman–Crippen MR) is 109 cm³/mol. The van der Waals surface area contributed by atoms with Crippen LogP contribution in [-0.2, 0) is 13.0 Å². The number of nitrogens with one attached hydrogen (secondary N) is 2. The molecule has 0 radical (unpaired) electrons. The van der Waals surface area contributed by atoms with Crippen LogP contribution in [0.4, 0.5) is 11.6 Å². The van der Waals surface area contributed by atoms with Gasteiger partial charge in [-0.25, -0.2) is 9.97 Å². The maximum Gasteiger partial charge on any atom is 0.258 e. The molecule has 2 N–H and O–H groups in total. The minimum absolute atomic E-state index is 0.205. The first kappa shape index (κ1) is 18.6. The Morgan fingerprint density at radius 3 is 2.37 bits per heavy atom. The second-order valence-electron chi connectivity index (χ2n) is 6.55. The lowest BCUT2D eigenvalue weighted by Crippen LogP contribution is -2.15. The highest BCUT2D eigenvalue weighted by atomic mass is 16.1. The topological polar surface area (TPSA) is 66.9 Å². The first-order chi connectivity index (χ1) is 13.1. The van der Waals surface area contributed by atoms with Gasteiger partial charge < -0.3 is 10.6 Å². The summed E-state index contributed by atoms with van der Waals surface area (Å²) in [4.78, 5) is 21.1. The Kier molecular flexibility index (Phi) is 5.81. The molecule has 0 saturated heterocycles. The number of hydrogen-bond donors (Lipinski definition) is 2. The van der Waals surface area contributed by atoms with Gasteiger partial charge in [-0.3, -0.25) is 4.79 Å². The summed E-state index contributed by atoms with van der Waals surface area (Å²) in [6, 6.07) is 14.3. The summed E-state index contributed by atoms with van der Waals surface area (Å²) in [6.45, 7) is 6.75. The molecule has 1 heterocycles. The van der Waals surface area contributed by atoms with Crippen molar-refractivity contribution in [3.05, 3.63) is 82.7 Å². The van der Waals surface area contributed by atoms with E-state index in [1.165, 1.54) is 5.56 Å². The van der Waals surface area contributed by atoms with Gasteiger partial charge in [-0.15, -0.1) is 0 Å². The Morgan fingerprint density at radius 2 is 1.70 bits per heavy atom. The molecular formula is C22H24N4O. The van der Waals surface area contributed by atoms with E-state index in [4.69, 9.17) is 0 Å². The minimum atomic E-state index is -0.205. The highest BCUT2D eigenvalue weighted by Crippen LogP contribution is 2.21. The van der Waals surface area contributed by atoms with E-state index in [9.17, 15) is 4.79 Å². The maximum atomic E-state index is 12.5. The summed E-state index contributed by atoms with van der Waals surface area (Å²) in [5, 5.41) is 6.16. The second kappa shape index (κ2) is 8.45. The Morgan fingerprint density at radius 1 is 1.00 bits per heavy atom. The third kappa shape index (κ3) is 4.70. The van der Waals surface area contributed by atoms with Crippen LogP contribution in [0.15, 0.2) is 54.9 Å². The Labute approximate surface area is 159 Å². The van der Waals surface area contributed by atoms with E-state index in [1.807, 2.05) is 25.1 Å². The highest BCUT2D eigenvalue weighted by Gasteiger charge is 2.11. The number of aromatic nitrogens is 2. The summed E-state index contributed by atoms with van der Waals surface area (Å²) in [5.41, 5.74) is 5.83. The molecule has 0 bridgehead atoms. The van der Waals surface area contributed by atoms with Gasteiger partial charge in [0.25, 0.3) is 5.91 Å². The number of carbonyl (C=O) groups excluding carboxylic acids is 1. The monoisotopic (exact) mass is 360 g/mol. The van der Waals surface area contributed by atoms with Crippen molar-refractivity contribution >= 4 is 17.5 Å². The number of rotatable bonds is 6. The Bertz CT molecular complexity index is 918. The molecule has 0 aliphatic heterocycles. The fraction of sp³-hybridized carbons (Fsp3) is 0.227. The molecule has 1 aromatic heterocycles. The lowest BCUT2D eigenvalue weighted by atomic mass is 10.1. The smallest absolute Gasteiger partial charge is 0.258 e. The van der Waals surface area contributed by atoms with Gasteiger partial charge in [0, 0.05) is 24.6 Å². The molecule has 5 nitrogen and oxygen atoms in total. The van der Waals surface area contributed by atoms with Crippen molar-refractivity contribution in [3.63, 3.8) is 0 Å². The number of benzene rings is 2. The lowest BCUT2D eigenvalue weighted by molar-refractivity contribution is 0.102. The average molecular weight is 360 g/mol. The molecule has 0 spiro atoms. The van der Waals surface area contributed by atoms with Gasteiger partial charge >= 0.3 is 0 Å². The first-order valence-corrected chi connectivity index (χ1v) is 9.08. The summed E-state index contributed by atoms with van der Waals surface area (Å²) in [7, 11) is 0. The average Bonchev–Trinajstić information content (AvgIpc) is 2.69. The predicted octanol–water partition coefficient (Wildman–Crippen LogP) is 4.52. The van der Waals surface area contributed by atoms with Crippen molar-refractivity contribution in [2.45, 2.75) is 33.7 Å². The van der Waals surface area contributed by atoms with Crippen LogP contribution in [0.3, 0.4) is 0 Å². The quantitative estimate of drug-likeness (QED) is 0.678. The number of para-hydroxylation sites is 1. The normalized spacial score (nSPS) is 10.5. The SMILES string of the molecule is CCc1cccc(C)c1NC(=O)c1cnc(NCc2ccc(C)cc2)nc1. The van der Waals surface area contributed by atoms with Gasteiger partial charge in [0.15, 0.2) is 0 Å². The zero-order valence-corrected chi connectivity index (χ0v) is 15.9. The molecule has 27 heavy (non-hydrogen) atoms. The van der Waals surface area contributed by atoms with Crippen molar-refractivity contribution in [2.75, 3.05) is 10.6 Å². The van der Waals surface area contributed by atoms with Crippen LogP contribution < -0.4 is 10.6 Å². The van der Waals surface area contributed by atoms with Gasteiger partial charge in [0.1, 0.15) is 0 Å². The number of amides is 1. The van der Waals surface area contributed by atoms with Crippen molar-refractivity contribution in [1.82, 2.24) is 9.97 Å². The molecule has 5 heteroatoms. The molecule has 1 amide bonds. The van der Waals surface area contributed by atoms with Gasteiger partial charge in [-0.2, -0.15) is 0 Å². The summed E-state index contributed by atoms with van der Waals surface area (Å²) in [6.07, 6.45) is 3.95. The van der Waals surface area contributed by atoms with E-state index < -0.39 is 0 Å². The van der Waals surface area contributed by atoms with Crippen LogP contribution in [0.2, 0.25) is 0 Å². The highest BCUT2D eigenvalue weighted by molar-refractivity contribution is 6.04. The molecule has 0 unspecified atom stereocenters. The first-order valence-electron chi connectivity index (χ1n) is 9.08. The molecule has 0 atom stereocenters. The van der Waals surface area contributed by atoms with Gasteiger partial charge in [0.2, 0.25) is 5.95 Å². The van der Waals surface area contributed by atoms with E-state index in [2.05, 4.69) is 58.7 Å². The van der Waals surface area contributed by atoms with Gasteiger partial charge in [-0.1, -0.05) is 55.0 Å². The third-order valence-corrected chi connectivity index (χ3v) is 4.46. The van der Waals surface area contributed by atoms with Crippen LogP contribution in [0, 0.1) is 13.8 Å². The zero-order valence-electron chi connectivity index (χ0n) is 15.9. The summed E-state index contributed by atoms with van der Waals surface area (Å²) < 4.78 is 0. The number of aryl methyl sites for hydroxylation is 3. The summed E-state index contributed by atoms with van der Waals surface area (Å²) >= 11 is 0. The fourth-order valence-electron chi connectivity index (χ4n) is 2.81. The number of carbonyl (C=O) groups is 1. The largest absolute Gasteiger partial charge is 0.350 e. The molecule has 2 aromatic carbocycles. The number of nitrogens with zero attached hydrogens (tertiary/aromatic N) is 2. The van der Waals surface area contributed by atoms with Crippen LogP contribution >= 0.6 is 0 Å².